The number of ether oxygens (including phenoxy) is 2. The zero-order valence-electron chi connectivity index (χ0n) is 15.2. The molecule has 0 aliphatic rings. The molecule has 0 fully saturated rings. The van der Waals surface area contributed by atoms with Crippen LogP contribution in [0.3, 0.4) is 0 Å². The van der Waals surface area contributed by atoms with Gasteiger partial charge in [-0.1, -0.05) is 19.6 Å². The number of aromatic nitrogens is 1. The van der Waals surface area contributed by atoms with Crippen LogP contribution in [-0.2, 0) is 19.1 Å². The molecule has 1 aromatic heterocycles. The Kier molecular flexibility index (Phi) is 7.17. The van der Waals surface area contributed by atoms with Crippen molar-refractivity contribution in [1.29, 1.82) is 0 Å². The van der Waals surface area contributed by atoms with Crippen molar-refractivity contribution in [2.75, 3.05) is 27.8 Å². The second-order valence-electron chi connectivity index (χ2n) is 5.64. The molecule has 0 bridgehead atoms. The third-order valence-electron chi connectivity index (χ3n) is 3.78. The van der Waals surface area contributed by atoms with Crippen molar-refractivity contribution in [3.8, 4) is 0 Å². The van der Waals surface area contributed by atoms with E-state index >= 15 is 0 Å². The topological polar surface area (TPSA) is 88.7 Å². The van der Waals surface area contributed by atoms with Crippen LogP contribution in [0, 0.1) is 0 Å². The molecule has 0 aliphatic heterocycles. The average Bonchev–Trinajstić information content (AvgIpc) is 3.03. The highest BCUT2D eigenvalue weighted by Gasteiger charge is 2.21. The summed E-state index contributed by atoms with van der Waals surface area (Å²) in [5.41, 5.74) is 2.23. The molecular weight excluding hydrogens is 324 g/mol. The van der Waals surface area contributed by atoms with Crippen molar-refractivity contribution in [2.45, 2.75) is 19.8 Å². The highest BCUT2D eigenvalue weighted by atomic mass is 16.5. The van der Waals surface area contributed by atoms with Crippen LogP contribution < -0.4 is 0 Å². The third-order valence-corrected chi connectivity index (χ3v) is 3.78. The lowest BCUT2D eigenvalue weighted by molar-refractivity contribution is -0.139. The van der Waals surface area contributed by atoms with E-state index in [1.54, 1.807) is 24.1 Å². The van der Waals surface area contributed by atoms with E-state index in [-0.39, 0.29) is 17.4 Å². The van der Waals surface area contributed by atoms with Crippen LogP contribution in [0.2, 0.25) is 0 Å². The van der Waals surface area contributed by atoms with Crippen molar-refractivity contribution in [1.82, 2.24) is 9.88 Å². The molecule has 136 valence electrons. The lowest BCUT2D eigenvalue weighted by atomic mass is 10.0. The van der Waals surface area contributed by atoms with Crippen molar-refractivity contribution in [3.05, 3.63) is 41.4 Å². The highest BCUT2D eigenvalue weighted by molar-refractivity contribution is 5.95. The van der Waals surface area contributed by atoms with E-state index in [1.165, 1.54) is 21.1 Å². The van der Waals surface area contributed by atoms with Crippen molar-refractivity contribution >= 4 is 23.8 Å². The summed E-state index contributed by atoms with van der Waals surface area (Å²) >= 11 is 0. The predicted octanol–water partition coefficient (Wildman–Crippen LogP) is 2.13. The molecule has 1 aromatic rings. The maximum atomic E-state index is 11.9. The van der Waals surface area contributed by atoms with Crippen LogP contribution in [0.4, 0.5) is 0 Å². The number of methoxy groups -OCH3 is 2. The summed E-state index contributed by atoms with van der Waals surface area (Å²) in [7, 11) is 4.14. The predicted molar refractivity (Wildman–Crippen MR) is 94.0 cm³/mol. The van der Waals surface area contributed by atoms with Gasteiger partial charge < -0.3 is 19.4 Å². The number of aromatic amines is 1. The van der Waals surface area contributed by atoms with E-state index in [0.29, 0.717) is 12.2 Å². The van der Waals surface area contributed by atoms with Crippen LogP contribution in [-0.4, -0.2) is 55.4 Å². The quantitative estimate of drug-likeness (QED) is 0.440. The maximum absolute atomic E-state index is 11.9. The first-order chi connectivity index (χ1) is 11.7. The number of nitrogens with zero attached hydrogens (tertiary/aromatic N) is 1. The molecule has 0 amide bonds. The van der Waals surface area contributed by atoms with E-state index in [2.05, 4.69) is 16.3 Å². The minimum atomic E-state index is -0.648. The Morgan fingerprint density at radius 3 is 2.44 bits per heavy atom. The normalized spacial score (nSPS) is 12.3. The first kappa shape index (κ1) is 20.2. The maximum Gasteiger partial charge on any atom is 0.354 e. The Bertz CT molecular complexity index is 702. The van der Waals surface area contributed by atoms with Gasteiger partial charge >= 0.3 is 11.9 Å². The zero-order valence-corrected chi connectivity index (χ0v) is 15.2. The highest BCUT2D eigenvalue weighted by Crippen LogP contribution is 2.24. The van der Waals surface area contributed by atoms with Gasteiger partial charge in [0.25, 0.3) is 0 Å². The lowest BCUT2D eigenvalue weighted by Crippen LogP contribution is -2.29. The van der Waals surface area contributed by atoms with Gasteiger partial charge in [0, 0.05) is 32.1 Å². The minimum absolute atomic E-state index is 0.0724. The molecule has 0 spiro atoms. The fraction of sp³-hybridized carbons (Fsp3) is 0.389. The molecule has 0 aromatic carbocycles. The van der Waals surface area contributed by atoms with E-state index in [0.717, 1.165) is 17.3 Å². The molecule has 1 heterocycles. The van der Waals surface area contributed by atoms with E-state index in [4.69, 9.17) is 4.74 Å². The molecular formula is C18H24N2O5. The first-order valence-electron chi connectivity index (χ1n) is 7.70. The van der Waals surface area contributed by atoms with Gasteiger partial charge in [-0.05, 0) is 11.6 Å². The number of rotatable bonds is 8. The molecule has 0 saturated carbocycles. The number of Topliss-reactive ketones (excluding diaryl/α,β-unsaturated/α-hetero) is 1. The van der Waals surface area contributed by atoms with Crippen LogP contribution >= 0.6 is 0 Å². The number of nitrogens with one attached hydrogen (secondary N) is 1. The minimum Gasteiger partial charge on any atom is -0.466 e. The Morgan fingerprint density at radius 1 is 1.32 bits per heavy atom. The Labute approximate surface area is 147 Å². The molecule has 0 radical (unpaired) electrons. The largest absolute Gasteiger partial charge is 0.466 e. The molecule has 1 unspecified atom stereocenters. The molecule has 1 N–H and O–H groups in total. The number of carbonyl (C=O) groups is 3. The van der Waals surface area contributed by atoms with Gasteiger partial charge in [0.1, 0.15) is 5.70 Å². The van der Waals surface area contributed by atoms with Crippen molar-refractivity contribution < 1.29 is 23.9 Å². The Balaban J connectivity index is 3.07. The van der Waals surface area contributed by atoms with Gasteiger partial charge in [0.2, 0.25) is 0 Å². The van der Waals surface area contributed by atoms with Gasteiger partial charge in [-0.3, -0.25) is 4.79 Å². The summed E-state index contributed by atoms with van der Waals surface area (Å²) in [6.07, 6.45) is 2.75. The number of hydrogen-bond acceptors (Lipinski definition) is 6. The average molecular weight is 348 g/mol. The molecule has 7 heteroatoms. The van der Waals surface area contributed by atoms with Crippen molar-refractivity contribution in [3.63, 3.8) is 0 Å². The van der Waals surface area contributed by atoms with E-state index in [9.17, 15) is 14.4 Å². The molecule has 1 atom stereocenters. The van der Waals surface area contributed by atoms with Gasteiger partial charge in [0.05, 0.1) is 26.0 Å². The first-order valence-corrected chi connectivity index (χ1v) is 7.70. The number of ketones is 1. The van der Waals surface area contributed by atoms with Gasteiger partial charge in [-0.25, -0.2) is 9.59 Å². The van der Waals surface area contributed by atoms with Crippen LogP contribution in [0.1, 0.15) is 41.5 Å². The number of likely N-dealkylation sites (N-methyl/N-ethyl adjacent to an activating group) is 1. The molecule has 25 heavy (non-hydrogen) atoms. The number of esters is 2. The number of carbonyl (C=O) groups excluding carboxylic acids is 3. The van der Waals surface area contributed by atoms with Crippen LogP contribution in [0.25, 0.3) is 6.08 Å². The summed E-state index contributed by atoms with van der Waals surface area (Å²) in [5, 5.41) is 0. The number of hydrogen-bond donors (Lipinski definition) is 1. The lowest BCUT2D eigenvalue weighted by Gasteiger charge is -2.24. The zero-order chi connectivity index (χ0) is 19.1. The molecule has 0 aliphatic carbocycles. The molecule has 7 nitrogen and oxygen atoms in total. The summed E-state index contributed by atoms with van der Waals surface area (Å²) in [6, 6.07) is 1.74. The van der Waals surface area contributed by atoms with Crippen molar-refractivity contribution in [2.24, 2.45) is 0 Å². The summed E-state index contributed by atoms with van der Waals surface area (Å²) in [4.78, 5) is 39.7. The standard InChI is InChI=1S/C18H24N2O5/c1-7-13-8-14(12(3)21)19-17(13)11(2)10-20(4)15(18(23)25-6)9-16(22)24-5/h7-9,11,19H,1,10H2,2-6H3/b15-9+. The van der Waals surface area contributed by atoms with Gasteiger partial charge in [-0.15, -0.1) is 0 Å². The van der Waals surface area contributed by atoms with Gasteiger partial charge in [-0.2, -0.15) is 0 Å². The fourth-order valence-electron chi connectivity index (χ4n) is 2.45. The second kappa shape index (κ2) is 8.86. The second-order valence-corrected chi connectivity index (χ2v) is 5.64. The number of H-pyrrole nitrogens is 1. The fourth-order valence-corrected chi connectivity index (χ4v) is 2.45. The smallest absolute Gasteiger partial charge is 0.354 e. The molecule has 0 saturated heterocycles. The molecule has 1 rings (SSSR count). The van der Waals surface area contributed by atoms with Crippen LogP contribution in [0.5, 0.6) is 0 Å². The van der Waals surface area contributed by atoms with E-state index in [1.807, 2.05) is 6.92 Å². The Morgan fingerprint density at radius 2 is 1.96 bits per heavy atom. The van der Waals surface area contributed by atoms with Gasteiger partial charge in [0.15, 0.2) is 5.78 Å². The third kappa shape index (κ3) is 5.07. The summed E-state index contributed by atoms with van der Waals surface area (Å²) in [5.74, 6) is -1.43. The van der Waals surface area contributed by atoms with Crippen LogP contribution in [0.15, 0.2) is 24.4 Å². The monoisotopic (exact) mass is 348 g/mol. The SMILES string of the molecule is C=Cc1cc(C(C)=O)[nH]c1C(C)CN(C)/C(=C/C(=O)OC)C(=O)OC. The summed E-state index contributed by atoms with van der Waals surface area (Å²) in [6.45, 7) is 7.58. The van der Waals surface area contributed by atoms with E-state index < -0.39 is 11.9 Å². The Hall–Kier alpha value is -2.83. The summed E-state index contributed by atoms with van der Waals surface area (Å²) < 4.78 is 9.30.